The van der Waals surface area contributed by atoms with Gasteiger partial charge in [0, 0.05) is 31.6 Å². The van der Waals surface area contributed by atoms with Crippen molar-refractivity contribution >= 4 is 11.8 Å². The second-order valence-corrected chi connectivity index (χ2v) is 7.46. The molecule has 0 spiro atoms. The zero-order valence-electron chi connectivity index (χ0n) is 17.8. The molecule has 0 aliphatic rings. The highest BCUT2D eigenvalue weighted by molar-refractivity contribution is 7.98. The largest absolute Gasteiger partial charge is 0.497 e. The molecule has 0 amide bonds. The van der Waals surface area contributed by atoms with Crippen LogP contribution < -0.4 is 14.2 Å². The van der Waals surface area contributed by atoms with E-state index in [0.29, 0.717) is 18.1 Å². The van der Waals surface area contributed by atoms with Gasteiger partial charge in [-0.25, -0.2) is 0 Å². The molecule has 3 rings (SSSR count). The smallest absolute Gasteiger partial charge is 0.191 e. The lowest BCUT2D eigenvalue weighted by Gasteiger charge is -2.12. The molecule has 0 radical (unpaired) electrons. The van der Waals surface area contributed by atoms with Gasteiger partial charge in [0.1, 0.15) is 5.75 Å². The van der Waals surface area contributed by atoms with Crippen LogP contribution in [0.5, 0.6) is 17.2 Å². The molecule has 0 N–H and O–H groups in total. The van der Waals surface area contributed by atoms with Crippen molar-refractivity contribution in [1.29, 1.82) is 0 Å². The van der Waals surface area contributed by atoms with Crippen LogP contribution >= 0.6 is 11.8 Å². The van der Waals surface area contributed by atoms with Gasteiger partial charge >= 0.3 is 0 Å². The van der Waals surface area contributed by atoms with E-state index in [-0.39, 0.29) is 0 Å². The summed E-state index contributed by atoms with van der Waals surface area (Å²) >= 11 is 1.65. The lowest BCUT2D eigenvalue weighted by molar-refractivity contribution is 0.189. The van der Waals surface area contributed by atoms with Crippen molar-refractivity contribution in [2.45, 2.75) is 23.9 Å². The van der Waals surface area contributed by atoms with E-state index in [1.54, 1.807) is 40.2 Å². The molecule has 0 fully saturated rings. The van der Waals surface area contributed by atoms with Gasteiger partial charge in [0.25, 0.3) is 0 Å². The van der Waals surface area contributed by atoms with E-state index in [1.807, 2.05) is 36.4 Å². The summed E-state index contributed by atoms with van der Waals surface area (Å²) in [5, 5.41) is 9.79. The number of benzene rings is 2. The van der Waals surface area contributed by atoms with Gasteiger partial charge in [-0.1, -0.05) is 23.9 Å². The highest BCUT2D eigenvalue weighted by Crippen LogP contribution is 2.33. The molecule has 1 heterocycles. The average Bonchev–Trinajstić information content (AvgIpc) is 3.20. The summed E-state index contributed by atoms with van der Waals surface area (Å²) in [6, 6.07) is 13.8. The first-order chi connectivity index (χ1) is 14.7. The highest BCUT2D eigenvalue weighted by Gasteiger charge is 2.16. The predicted octanol–water partition coefficient (Wildman–Crippen LogP) is 4.30. The summed E-state index contributed by atoms with van der Waals surface area (Å²) in [6.07, 6.45) is 0.863. The molecule has 0 unspecified atom stereocenters. The van der Waals surface area contributed by atoms with Crippen LogP contribution in [0.4, 0.5) is 0 Å². The number of aromatic nitrogens is 3. The Morgan fingerprint density at radius 2 is 1.73 bits per heavy atom. The molecule has 3 aromatic rings. The molecule has 0 atom stereocenters. The van der Waals surface area contributed by atoms with Crippen LogP contribution in [0.2, 0.25) is 0 Å². The standard InChI is InChI=1S/C22H27N3O4S/c1-26-12-6-11-25-21(17-9-10-19(28-3)20(14-17)29-4)23-24-22(25)30-15-16-7-5-8-18(13-16)27-2/h5,7-10,13-14H,6,11-12,15H2,1-4H3. The molecule has 160 valence electrons. The van der Waals surface area contributed by atoms with Crippen molar-refractivity contribution in [2.75, 3.05) is 35.0 Å². The van der Waals surface area contributed by atoms with Crippen LogP contribution in [-0.2, 0) is 17.0 Å². The van der Waals surface area contributed by atoms with Crippen LogP contribution in [0.3, 0.4) is 0 Å². The fraction of sp³-hybridized carbons (Fsp3) is 0.364. The van der Waals surface area contributed by atoms with E-state index in [0.717, 1.165) is 41.0 Å². The Morgan fingerprint density at radius 1 is 0.900 bits per heavy atom. The Hall–Kier alpha value is -2.71. The van der Waals surface area contributed by atoms with Crippen LogP contribution in [0.1, 0.15) is 12.0 Å². The van der Waals surface area contributed by atoms with E-state index >= 15 is 0 Å². The molecule has 0 aliphatic heterocycles. The van der Waals surface area contributed by atoms with Crippen LogP contribution in [0, 0.1) is 0 Å². The van der Waals surface area contributed by atoms with Crippen molar-refractivity contribution in [2.24, 2.45) is 0 Å². The highest BCUT2D eigenvalue weighted by atomic mass is 32.2. The van der Waals surface area contributed by atoms with Gasteiger partial charge in [-0.3, -0.25) is 0 Å². The van der Waals surface area contributed by atoms with E-state index < -0.39 is 0 Å². The average molecular weight is 430 g/mol. The quantitative estimate of drug-likeness (QED) is 0.332. The number of ether oxygens (including phenoxy) is 4. The van der Waals surface area contributed by atoms with E-state index in [1.165, 1.54) is 5.56 Å². The monoisotopic (exact) mass is 429 g/mol. The molecule has 7 nitrogen and oxygen atoms in total. The van der Waals surface area contributed by atoms with Gasteiger partial charge < -0.3 is 23.5 Å². The number of nitrogens with zero attached hydrogens (tertiary/aromatic N) is 3. The molecule has 0 saturated carbocycles. The zero-order chi connectivity index (χ0) is 21.3. The predicted molar refractivity (Wildman–Crippen MR) is 118 cm³/mol. The van der Waals surface area contributed by atoms with Crippen LogP contribution in [0.15, 0.2) is 47.6 Å². The number of rotatable bonds is 11. The summed E-state index contributed by atoms with van der Waals surface area (Å²) in [4.78, 5) is 0. The minimum atomic E-state index is 0.659. The summed E-state index contributed by atoms with van der Waals surface area (Å²) in [5.41, 5.74) is 2.09. The Balaban J connectivity index is 1.87. The number of thioether (sulfide) groups is 1. The topological polar surface area (TPSA) is 67.6 Å². The van der Waals surface area contributed by atoms with Crippen molar-refractivity contribution < 1.29 is 18.9 Å². The lowest BCUT2D eigenvalue weighted by Crippen LogP contribution is -2.05. The summed E-state index contributed by atoms with van der Waals surface area (Å²) in [5.74, 6) is 3.75. The van der Waals surface area contributed by atoms with Gasteiger partial charge in [-0.15, -0.1) is 10.2 Å². The first kappa shape index (κ1) is 22.0. The minimum Gasteiger partial charge on any atom is -0.497 e. The molecule has 0 bridgehead atoms. The molecule has 30 heavy (non-hydrogen) atoms. The fourth-order valence-electron chi connectivity index (χ4n) is 3.06. The van der Waals surface area contributed by atoms with Crippen molar-refractivity contribution in [1.82, 2.24) is 14.8 Å². The molecule has 0 aliphatic carbocycles. The summed E-state index contributed by atoms with van der Waals surface area (Å²) < 4.78 is 23.5. The maximum Gasteiger partial charge on any atom is 0.191 e. The van der Waals surface area contributed by atoms with E-state index in [4.69, 9.17) is 18.9 Å². The van der Waals surface area contributed by atoms with Crippen molar-refractivity contribution in [3.05, 3.63) is 48.0 Å². The van der Waals surface area contributed by atoms with Gasteiger partial charge in [-0.05, 0) is 42.3 Å². The molecular weight excluding hydrogens is 402 g/mol. The molecule has 1 aromatic heterocycles. The first-order valence-corrected chi connectivity index (χ1v) is 10.6. The summed E-state index contributed by atoms with van der Waals surface area (Å²) in [6.45, 7) is 1.43. The maximum atomic E-state index is 5.45. The number of methoxy groups -OCH3 is 4. The van der Waals surface area contributed by atoms with Crippen molar-refractivity contribution in [3.63, 3.8) is 0 Å². The molecular formula is C22H27N3O4S. The van der Waals surface area contributed by atoms with Crippen molar-refractivity contribution in [3.8, 4) is 28.6 Å². The molecule has 2 aromatic carbocycles. The van der Waals surface area contributed by atoms with Crippen LogP contribution in [-0.4, -0.2) is 49.8 Å². The minimum absolute atomic E-state index is 0.659. The number of hydrogen-bond donors (Lipinski definition) is 0. The van der Waals surface area contributed by atoms with E-state index in [9.17, 15) is 0 Å². The number of hydrogen-bond acceptors (Lipinski definition) is 7. The second kappa shape index (κ2) is 10.9. The lowest BCUT2D eigenvalue weighted by atomic mass is 10.2. The maximum absolute atomic E-state index is 5.45. The first-order valence-electron chi connectivity index (χ1n) is 9.60. The molecule has 8 heteroatoms. The Morgan fingerprint density at radius 3 is 2.47 bits per heavy atom. The Kier molecular flexibility index (Phi) is 7.98. The molecule has 0 saturated heterocycles. The van der Waals surface area contributed by atoms with Gasteiger partial charge in [0.05, 0.1) is 21.3 Å². The normalized spacial score (nSPS) is 10.8. The second-order valence-electron chi connectivity index (χ2n) is 6.51. The third-order valence-corrected chi connectivity index (χ3v) is 5.63. The fourth-order valence-corrected chi connectivity index (χ4v) is 3.97. The third-order valence-electron chi connectivity index (χ3n) is 4.59. The van der Waals surface area contributed by atoms with Crippen LogP contribution in [0.25, 0.3) is 11.4 Å². The Bertz CT molecular complexity index is 961. The van der Waals surface area contributed by atoms with Gasteiger partial charge in [0.15, 0.2) is 22.5 Å². The van der Waals surface area contributed by atoms with Gasteiger partial charge in [0.2, 0.25) is 0 Å². The summed E-state index contributed by atoms with van der Waals surface area (Å²) in [7, 11) is 6.63. The third kappa shape index (κ3) is 5.25. The van der Waals surface area contributed by atoms with E-state index in [2.05, 4.69) is 20.8 Å². The zero-order valence-corrected chi connectivity index (χ0v) is 18.6. The Labute approximate surface area is 181 Å². The van der Waals surface area contributed by atoms with Gasteiger partial charge in [-0.2, -0.15) is 0 Å². The SMILES string of the molecule is COCCCn1c(SCc2cccc(OC)c2)nnc1-c1ccc(OC)c(OC)c1.